The highest BCUT2D eigenvalue weighted by Gasteiger charge is 2.35. The zero-order chi connectivity index (χ0) is 9.30. The van der Waals surface area contributed by atoms with Crippen molar-refractivity contribution in [1.29, 1.82) is 0 Å². The lowest BCUT2D eigenvalue weighted by atomic mass is 10.3. The molecule has 5 heteroatoms. The maximum absolute atomic E-state index is 11.4. The molecule has 1 amide bonds. The van der Waals surface area contributed by atoms with Crippen LogP contribution in [0.5, 0.6) is 0 Å². The molecule has 1 fully saturated rings. The number of hydrogen-bond acceptors (Lipinski definition) is 2. The van der Waals surface area contributed by atoms with Crippen molar-refractivity contribution in [1.82, 2.24) is 4.90 Å². The molecule has 1 aliphatic heterocycles. The first-order valence-electron chi connectivity index (χ1n) is 3.75. The molecule has 70 valence electrons. The van der Waals surface area contributed by atoms with E-state index in [1.807, 2.05) is 13.8 Å². The average Bonchev–Trinajstić information content (AvgIpc) is 1.97. The van der Waals surface area contributed by atoms with Crippen LogP contribution in [-0.2, 0) is 4.79 Å². The second-order valence-corrected chi connectivity index (χ2v) is 5.24. The molecule has 0 spiro atoms. The Hall–Kier alpha value is 0.400. The third-order valence-electron chi connectivity index (χ3n) is 1.69. The fourth-order valence-electron chi connectivity index (χ4n) is 1.14. The van der Waals surface area contributed by atoms with Crippen molar-refractivity contribution >= 4 is 40.9 Å². The topological polar surface area (TPSA) is 20.3 Å². The number of carbonyl (C=O) groups excluding carboxylic acids is 1. The van der Waals surface area contributed by atoms with Crippen molar-refractivity contribution in [3.63, 3.8) is 0 Å². The number of hydrogen-bond donors (Lipinski definition) is 0. The number of halogens is 2. The van der Waals surface area contributed by atoms with Crippen LogP contribution in [0.2, 0.25) is 0 Å². The maximum atomic E-state index is 11.4. The summed E-state index contributed by atoms with van der Waals surface area (Å²) < 4.78 is -0.188. The molecule has 0 aromatic rings. The average molecular weight is 228 g/mol. The van der Waals surface area contributed by atoms with E-state index in [0.717, 1.165) is 0 Å². The Morgan fingerprint density at radius 2 is 2.17 bits per heavy atom. The first kappa shape index (κ1) is 10.5. The third kappa shape index (κ3) is 2.01. The van der Waals surface area contributed by atoms with Crippen LogP contribution >= 0.6 is 35.0 Å². The van der Waals surface area contributed by atoms with Crippen LogP contribution < -0.4 is 0 Å². The Labute approximate surface area is 86.6 Å². The number of thioether (sulfide) groups is 1. The molecule has 2 atom stereocenters. The number of amides is 1. The number of carbonyl (C=O) groups is 1. The first-order chi connectivity index (χ1) is 5.54. The summed E-state index contributed by atoms with van der Waals surface area (Å²) in [5.41, 5.74) is -0.377. The molecule has 1 aliphatic rings. The van der Waals surface area contributed by atoms with Gasteiger partial charge in [0, 0.05) is 6.04 Å². The summed E-state index contributed by atoms with van der Waals surface area (Å²) in [6.45, 7) is 3.87. The molecule has 0 aromatic carbocycles. The van der Waals surface area contributed by atoms with Gasteiger partial charge in [-0.2, -0.15) is 0 Å². The second kappa shape index (κ2) is 4.07. The fourth-order valence-corrected chi connectivity index (χ4v) is 2.75. The Morgan fingerprint density at radius 3 is 2.58 bits per heavy atom. The Bertz CT molecular complexity index is 188. The van der Waals surface area contributed by atoms with Crippen molar-refractivity contribution < 1.29 is 4.79 Å². The summed E-state index contributed by atoms with van der Waals surface area (Å²) in [4.78, 5) is 13.0. The highest BCUT2D eigenvalue weighted by atomic mass is 35.5. The van der Waals surface area contributed by atoms with Crippen LogP contribution in [0.15, 0.2) is 0 Å². The van der Waals surface area contributed by atoms with Crippen LogP contribution in [0.25, 0.3) is 0 Å². The highest BCUT2D eigenvalue weighted by Crippen LogP contribution is 2.31. The lowest BCUT2D eigenvalue weighted by Gasteiger charge is -2.37. The molecule has 0 radical (unpaired) electrons. The molecular weight excluding hydrogens is 217 g/mol. The van der Waals surface area contributed by atoms with Crippen molar-refractivity contribution in [2.24, 2.45) is 0 Å². The van der Waals surface area contributed by atoms with Gasteiger partial charge >= 0.3 is 0 Å². The number of rotatable bonds is 1. The van der Waals surface area contributed by atoms with Crippen LogP contribution in [0.4, 0.5) is 0 Å². The minimum Gasteiger partial charge on any atom is -0.321 e. The fraction of sp³-hybridized carbons (Fsp3) is 0.857. The van der Waals surface area contributed by atoms with E-state index in [9.17, 15) is 4.79 Å². The summed E-state index contributed by atoms with van der Waals surface area (Å²) in [7, 11) is 0. The van der Waals surface area contributed by atoms with E-state index in [-0.39, 0.29) is 22.2 Å². The summed E-state index contributed by atoms with van der Waals surface area (Å²) in [6.07, 6.45) is 0. The molecule has 0 aliphatic carbocycles. The van der Waals surface area contributed by atoms with Gasteiger partial charge in [-0.15, -0.1) is 23.4 Å². The number of alkyl halides is 2. The normalized spacial score (nSPS) is 31.4. The minimum atomic E-state index is -0.377. The SMILES string of the molecule is CC(C)N1C(=O)CSC(Cl)C1Cl. The van der Waals surface area contributed by atoms with Crippen molar-refractivity contribution in [2.45, 2.75) is 30.1 Å². The van der Waals surface area contributed by atoms with Gasteiger partial charge in [-0.3, -0.25) is 4.79 Å². The van der Waals surface area contributed by atoms with Gasteiger partial charge in [-0.05, 0) is 13.8 Å². The summed E-state index contributed by atoms with van der Waals surface area (Å²) in [6, 6.07) is 0.127. The van der Waals surface area contributed by atoms with E-state index >= 15 is 0 Å². The van der Waals surface area contributed by atoms with E-state index in [4.69, 9.17) is 23.2 Å². The highest BCUT2D eigenvalue weighted by molar-refractivity contribution is 8.01. The largest absolute Gasteiger partial charge is 0.321 e. The molecule has 1 heterocycles. The minimum absolute atomic E-state index is 0.0758. The predicted molar refractivity (Wildman–Crippen MR) is 53.7 cm³/mol. The van der Waals surface area contributed by atoms with Crippen LogP contribution in [0, 0.1) is 0 Å². The maximum Gasteiger partial charge on any atom is 0.234 e. The Morgan fingerprint density at radius 1 is 1.58 bits per heavy atom. The molecule has 0 aromatic heterocycles. The lowest BCUT2D eigenvalue weighted by Crippen LogP contribution is -2.49. The molecule has 1 saturated heterocycles. The quantitative estimate of drug-likeness (QED) is 0.506. The smallest absolute Gasteiger partial charge is 0.234 e. The third-order valence-corrected chi connectivity index (χ3v) is 4.04. The van der Waals surface area contributed by atoms with Crippen molar-refractivity contribution in [3.05, 3.63) is 0 Å². The van der Waals surface area contributed by atoms with Crippen molar-refractivity contribution in [2.75, 3.05) is 5.75 Å². The monoisotopic (exact) mass is 227 g/mol. The zero-order valence-corrected chi connectivity index (χ0v) is 9.29. The molecule has 0 saturated carbocycles. The molecule has 12 heavy (non-hydrogen) atoms. The first-order valence-corrected chi connectivity index (χ1v) is 5.67. The summed E-state index contributed by atoms with van der Waals surface area (Å²) in [5, 5.41) is 0. The molecular formula is C7H11Cl2NOS. The lowest BCUT2D eigenvalue weighted by molar-refractivity contribution is -0.131. The van der Waals surface area contributed by atoms with Gasteiger partial charge in [0.15, 0.2) is 0 Å². The van der Waals surface area contributed by atoms with E-state index in [2.05, 4.69) is 0 Å². The molecule has 0 N–H and O–H groups in total. The van der Waals surface area contributed by atoms with Crippen LogP contribution in [0.3, 0.4) is 0 Å². The van der Waals surface area contributed by atoms with Gasteiger partial charge in [0.05, 0.1) is 5.75 Å². The van der Waals surface area contributed by atoms with Crippen molar-refractivity contribution in [3.8, 4) is 0 Å². The summed E-state index contributed by atoms with van der Waals surface area (Å²) >= 11 is 13.3. The van der Waals surface area contributed by atoms with Gasteiger partial charge in [0.25, 0.3) is 0 Å². The van der Waals surface area contributed by atoms with Gasteiger partial charge < -0.3 is 4.90 Å². The van der Waals surface area contributed by atoms with E-state index in [1.165, 1.54) is 11.8 Å². The molecule has 2 nitrogen and oxygen atoms in total. The standard InChI is InChI=1S/C7H11Cl2NOS/c1-4(2)10-5(11)3-12-7(9)6(10)8/h4,6-7H,3H2,1-2H3. The molecule has 2 unspecified atom stereocenters. The van der Waals surface area contributed by atoms with Crippen LogP contribution in [0.1, 0.15) is 13.8 Å². The van der Waals surface area contributed by atoms with E-state index in [1.54, 1.807) is 4.90 Å². The summed E-state index contributed by atoms with van der Waals surface area (Å²) in [5.74, 6) is 0.516. The molecule has 1 rings (SSSR count). The Kier molecular flexibility index (Phi) is 3.56. The zero-order valence-electron chi connectivity index (χ0n) is 6.96. The van der Waals surface area contributed by atoms with E-state index in [0.29, 0.717) is 5.75 Å². The van der Waals surface area contributed by atoms with Gasteiger partial charge in [0.1, 0.15) is 10.2 Å². The molecule has 0 bridgehead atoms. The Balaban J connectivity index is 2.72. The van der Waals surface area contributed by atoms with Gasteiger partial charge in [-0.1, -0.05) is 11.6 Å². The van der Waals surface area contributed by atoms with Gasteiger partial charge in [0.2, 0.25) is 5.91 Å². The number of nitrogens with zero attached hydrogens (tertiary/aromatic N) is 1. The predicted octanol–water partition coefficient (Wildman–Crippen LogP) is 2.10. The van der Waals surface area contributed by atoms with E-state index < -0.39 is 0 Å². The van der Waals surface area contributed by atoms with Crippen LogP contribution in [-0.4, -0.2) is 32.8 Å². The van der Waals surface area contributed by atoms with Gasteiger partial charge in [-0.25, -0.2) is 0 Å². The second-order valence-electron chi connectivity index (χ2n) is 2.93.